The number of carbonyl (C=O) groups excluding carboxylic acids is 1. The predicted octanol–water partition coefficient (Wildman–Crippen LogP) is 5.19. The number of thiophene rings is 1. The Morgan fingerprint density at radius 1 is 1.17 bits per heavy atom. The van der Waals surface area contributed by atoms with Crippen molar-refractivity contribution in [3.05, 3.63) is 52.7 Å². The van der Waals surface area contributed by atoms with E-state index in [-0.39, 0.29) is 11.7 Å². The highest BCUT2D eigenvalue weighted by atomic mass is 32.2. The molecule has 4 rings (SSSR count). The van der Waals surface area contributed by atoms with E-state index in [1.54, 1.807) is 11.3 Å². The highest BCUT2D eigenvalue weighted by Gasteiger charge is 2.16. The lowest BCUT2D eigenvalue weighted by molar-refractivity contribution is -0.113. The largest absolute Gasteiger partial charge is 0.302 e. The van der Waals surface area contributed by atoms with Gasteiger partial charge in [0.25, 0.3) is 0 Å². The first kappa shape index (κ1) is 19.8. The molecule has 0 fully saturated rings. The number of thioether (sulfide) groups is 1. The van der Waals surface area contributed by atoms with Gasteiger partial charge < -0.3 is 9.88 Å². The van der Waals surface area contributed by atoms with Crippen molar-refractivity contribution in [1.29, 1.82) is 0 Å². The van der Waals surface area contributed by atoms with Crippen molar-refractivity contribution >= 4 is 45.5 Å². The van der Waals surface area contributed by atoms with Crippen molar-refractivity contribution in [3.63, 3.8) is 0 Å². The molecule has 1 aromatic carbocycles. The van der Waals surface area contributed by atoms with E-state index in [2.05, 4.69) is 39.6 Å². The number of nitrogens with zero attached hydrogens (tertiary/aromatic N) is 4. The number of anilines is 1. The first-order valence-corrected chi connectivity index (χ1v) is 11.8. The van der Waals surface area contributed by atoms with Crippen LogP contribution in [-0.2, 0) is 11.3 Å². The number of hydrogen-bond acceptors (Lipinski definition) is 7. The second-order valence-electron chi connectivity index (χ2n) is 6.27. The molecule has 0 aliphatic carbocycles. The molecule has 0 aliphatic heterocycles. The summed E-state index contributed by atoms with van der Waals surface area (Å²) >= 11 is 4.43. The number of aryl methyl sites for hydroxylation is 1. The van der Waals surface area contributed by atoms with Crippen molar-refractivity contribution in [3.8, 4) is 22.0 Å². The van der Waals surface area contributed by atoms with E-state index >= 15 is 0 Å². The van der Waals surface area contributed by atoms with Crippen LogP contribution in [0.5, 0.6) is 0 Å². The average molecular weight is 442 g/mol. The summed E-state index contributed by atoms with van der Waals surface area (Å²) in [5, 5.41) is 16.7. The van der Waals surface area contributed by atoms with E-state index in [1.807, 2.05) is 46.5 Å². The van der Waals surface area contributed by atoms with Crippen LogP contribution in [0.4, 0.5) is 5.13 Å². The molecule has 0 radical (unpaired) electrons. The summed E-state index contributed by atoms with van der Waals surface area (Å²) in [6.45, 7) is 4.85. The third-order valence-electron chi connectivity index (χ3n) is 4.20. The second kappa shape index (κ2) is 8.89. The fraction of sp³-hybridized carbons (Fsp3) is 0.200. The lowest BCUT2D eigenvalue weighted by atomic mass is 10.1. The van der Waals surface area contributed by atoms with Crippen LogP contribution in [0, 0.1) is 6.92 Å². The molecule has 9 heteroatoms. The fourth-order valence-corrected chi connectivity index (χ4v) is 5.00. The molecule has 0 aliphatic rings. The summed E-state index contributed by atoms with van der Waals surface area (Å²) in [6.07, 6.45) is 0. The highest BCUT2D eigenvalue weighted by molar-refractivity contribution is 7.99. The molecule has 0 saturated carbocycles. The molecule has 0 saturated heterocycles. The first-order chi connectivity index (χ1) is 14.1. The zero-order valence-electron chi connectivity index (χ0n) is 16.0. The number of aromatic nitrogens is 4. The summed E-state index contributed by atoms with van der Waals surface area (Å²) in [4.78, 5) is 18.0. The molecule has 3 aromatic heterocycles. The quantitative estimate of drug-likeness (QED) is 0.400. The first-order valence-electron chi connectivity index (χ1n) is 9.06. The van der Waals surface area contributed by atoms with Gasteiger partial charge in [-0.3, -0.25) is 4.79 Å². The van der Waals surface area contributed by atoms with Crippen molar-refractivity contribution in [2.75, 3.05) is 11.1 Å². The van der Waals surface area contributed by atoms with Gasteiger partial charge in [0.1, 0.15) is 0 Å². The molecule has 0 unspecified atom stereocenters. The normalized spacial score (nSPS) is 11.0. The van der Waals surface area contributed by atoms with Crippen LogP contribution in [0.3, 0.4) is 0 Å². The summed E-state index contributed by atoms with van der Waals surface area (Å²) < 4.78 is 2.03. The Bertz CT molecular complexity index is 1100. The minimum atomic E-state index is -0.108. The van der Waals surface area contributed by atoms with Crippen LogP contribution >= 0.6 is 34.4 Å². The van der Waals surface area contributed by atoms with Gasteiger partial charge in [0, 0.05) is 17.5 Å². The number of benzene rings is 1. The Morgan fingerprint density at radius 2 is 2.00 bits per heavy atom. The number of rotatable bonds is 7. The molecule has 0 atom stereocenters. The lowest BCUT2D eigenvalue weighted by Gasteiger charge is -2.06. The maximum absolute atomic E-state index is 12.4. The second-order valence-corrected chi connectivity index (χ2v) is 9.02. The van der Waals surface area contributed by atoms with Gasteiger partial charge in [0.05, 0.1) is 16.3 Å². The van der Waals surface area contributed by atoms with E-state index in [9.17, 15) is 4.79 Å². The van der Waals surface area contributed by atoms with Gasteiger partial charge in [-0.25, -0.2) is 4.98 Å². The fourth-order valence-electron chi connectivity index (χ4n) is 2.74. The van der Waals surface area contributed by atoms with Crippen LogP contribution in [0.25, 0.3) is 22.0 Å². The van der Waals surface area contributed by atoms with Crippen molar-refractivity contribution in [2.24, 2.45) is 0 Å². The van der Waals surface area contributed by atoms with Gasteiger partial charge in [-0.05, 0) is 25.3 Å². The van der Waals surface area contributed by atoms with Gasteiger partial charge in [-0.1, -0.05) is 47.7 Å². The number of amides is 1. The van der Waals surface area contributed by atoms with Crippen LogP contribution in [0.15, 0.2) is 52.3 Å². The topological polar surface area (TPSA) is 72.7 Å². The minimum absolute atomic E-state index is 0.108. The highest BCUT2D eigenvalue weighted by Crippen LogP contribution is 2.28. The SMILES string of the molecule is CCn1c(SCC(=O)Nc2nc(-c3ccc(C)cc3)cs2)nnc1-c1cccs1. The molecule has 1 N–H and O–H groups in total. The molecule has 29 heavy (non-hydrogen) atoms. The molecule has 6 nitrogen and oxygen atoms in total. The van der Waals surface area contributed by atoms with Crippen LogP contribution in [0.2, 0.25) is 0 Å². The van der Waals surface area contributed by atoms with E-state index in [1.165, 1.54) is 28.7 Å². The Hall–Kier alpha value is -2.49. The summed E-state index contributed by atoms with van der Waals surface area (Å²) in [6, 6.07) is 12.2. The Kier molecular flexibility index (Phi) is 6.08. The molecular weight excluding hydrogens is 422 g/mol. The molecular formula is C20H19N5OS3. The maximum atomic E-state index is 12.4. The summed E-state index contributed by atoms with van der Waals surface area (Å²) in [5.74, 6) is 0.985. The molecule has 0 bridgehead atoms. The summed E-state index contributed by atoms with van der Waals surface area (Å²) in [5.41, 5.74) is 3.11. The third kappa shape index (κ3) is 4.58. The molecule has 3 heterocycles. The zero-order chi connectivity index (χ0) is 20.2. The summed E-state index contributed by atoms with van der Waals surface area (Å²) in [7, 11) is 0. The number of nitrogens with one attached hydrogen (secondary N) is 1. The standard InChI is InChI=1S/C20H19N5OS3/c1-3-25-18(16-5-4-10-27-16)23-24-20(25)29-12-17(26)22-19-21-15(11-28-19)14-8-6-13(2)7-9-14/h4-11H,3,12H2,1-2H3,(H,21,22,26). The zero-order valence-corrected chi connectivity index (χ0v) is 18.4. The van der Waals surface area contributed by atoms with Crippen LogP contribution < -0.4 is 5.32 Å². The van der Waals surface area contributed by atoms with E-state index in [0.29, 0.717) is 5.13 Å². The lowest BCUT2D eigenvalue weighted by Crippen LogP contribution is -2.14. The molecule has 1 amide bonds. The Balaban J connectivity index is 1.38. The number of carbonyl (C=O) groups is 1. The number of thiazole rings is 1. The number of hydrogen-bond donors (Lipinski definition) is 1. The van der Waals surface area contributed by atoms with Crippen LogP contribution in [0.1, 0.15) is 12.5 Å². The Morgan fingerprint density at radius 3 is 2.72 bits per heavy atom. The third-order valence-corrected chi connectivity index (χ3v) is 6.80. The minimum Gasteiger partial charge on any atom is -0.302 e. The van der Waals surface area contributed by atoms with Crippen molar-refractivity contribution in [1.82, 2.24) is 19.7 Å². The maximum Gasteiger partial charge on any atom is 0.236 e. The smallest absolute Gasteiger partial charge is 0.236 e. The van der Waals surface area contributed by atoms with Gasteiger partial charge >= 0.3 is 0 Å². The van der Waals surface area contributed by atoms with E-state index < -0.39 is 0 Å². The van der Waals surface area contributed by atoms with E-state index in [4.69, 9.17) is 0 Å². The monoisotopic (exact) mass is 441 g/mol. The predicted molar refractivity (Wildman–Crippen MR) is 121 cm³/mol. The molecule has 4 aromatic rings. The van der Waals surface area contributed by atoms with Gasteiger partial charge in [0.2, 0.25) is 5.91 Å². The van der Waals surface area contributed by atoms with Gasteiger partial charge in [0.15, 0.2) is 16.1 Å². The van der Waals surface area contributed by atoms with Gasteiger partial charge in [-0.15, -0.1) is 32.9 Å². The average Bonchev–Trinajstić information content (AvgIpc) is 3.47. The van der Waals surface area contributed by atoms with Crippen molar-refractivity contribution < 1.29 is 4.79 Å². The van der Waals surface area contributed by atoms with E-state index in [0.717, 1.165) is 33.7 Å². The van der Waals surface area contributed by atoms with Crippen LogP contribution in [-0.4, -0.2) is 31.4 Å². The Labute approximate surface area is 181 Å². The molecule has 148 valence electrons. The molecule has 0 spiro atoms. The van der Waals surface area contributed by atoms with Gasteiger partial charge in [-0.2, -0.15) is 0 Å². The van der Waals surface area contributed by atoms with Crippen molar-refractivity contribution in [2.45, 2.75) is 25.5 Å².